The third-order valence-electron chi connectivity index (χ3n) is 3.34. The Labute approximate surface area is 117 Å². The Morgan fingerprint density at radius 1 is 1.15 bits per heavy atom. The number of amides is 1. The maximum absolute atomic E-state index is 12.0. The molecule has 3 rings (SSSR count). The van der Waals surface area contributed by atoms with E-state index in [1.807, 2.05) is 54.6 Å². The molecule has 2 aromatic rings. The van der Waals surface area contributed by atoms with E-state index in [0.717, 1.165) is 16.8 Å². The second-order valence-electron chi connectivity index (χ2n) is 4.80. The van der Waals surface area contributed by atoms with Crippen LogP contribution in [0.25, 0.3) is 0 Å². The Morgan fingerprint density at radius 3 is 2.70 bits per heavy atom. The molecule has 1 atom stereocenters. The van der Waals surface area contributed by atoms with Gasteiger partial charge in [0.2, 0.25) is 0 Å². The van der Waals surface area contributed by atoms with Gasteiger partial charge in [-0.3, -0.25) is 9.63 Å². The Morgan fingerprint density at radius 2 is 1.90 bits per heavy atom. The number of hydroxylamine groups is 1. The summed E-state index contributed by atoms with van der Waals surface area (Å²) in [5, 5.41) is 3.19. The minimum absolute atomic E-state index is 0.142. The van der Waals surface area contributed by atoms with Gasteiger partial charge in [0.1, 0.15) is 6.04 Å². The molecule has 4 nitrogen and oxygen atoms in total. The molecule has 0 aromatic heterocycles. The van der Waals surface area contributed by atoms with Gasteiger partial charge in [-0.2, -0.15) is 0 Å². The average Bonchev–Trinajstić information content (AvgIpc) is 2.92. The monoisotopic (exact) mass is 268 g/mol. The fourth-order valence-electron chi connectivity index (χ4n) is 2.29. The third kappa shape index (κ3) is 2.81. The van der Waals surface area contributed by atoms with Crippen LogP contribution in [0, 0.1) is 0 Å². The van der Waals surface area contributed by atoms with E-state index in [-0.39, 0.29) is 11.9 Å². The highest BCUT2D eigenvalue weighted by Gasteiger charge is 2.26. The zero-order valence-corrected chi connectivity index (χ0v) is 11.0. The largest absolute Gasteiger partial charge is 0.373 e. The average molecular weight is 268 g/mol. The number of rotatable bonds is 4. The van der Waals surface area contributed by atoms with Crippen LogP contribution in [-0.2, 0) is 22.7 Å². The van der Waals surface area contributed by atoms with E-state index >= 15 is 0 Å². The van der Waals surface area contributed by atoms with Crippen LogP contribution in [0.15, 0.2) is 54.6 Å². The van der Waals surface area contributed by atoms with Gasteiger partial charge in [-0.05, 0) is 17.2 Å². The number of para-hydroxylation sites is 1. The fourth-order valence-corrected chi connectivity index (χ4v) is 2.29. The number of carbonyl (C=O) groups is 1. The molecule has 0 spiro atoms. The molecule has 1 heterocycles. The fraction of sp³-hybridized carbons (Fsp3) is 0.188. The van der Waals surface area contributed by atoms with E-state index in [1.165, 1.54) is 0 Å². The maximum Gasteiger partial charge on any atom is 0.266 e. The Hall–Kier alpha value is -2.33. The number of anilines is 1. The summed E-state index contributed by atoms with van der Waals surface area (Å²) in [5.74, 6) is -0.142. The van der Waals surface area contributed by atoms with Gasteiger partial charge >= 0.3 is 0 Å². The summed E-state index contributed by atoms with van der Waals surface area (Å²) in [6, 6.07) is 17.4. The molecule has 0 unspecified atom stereocenters. The van der Waals surface area contributed by atoms with E-state index in [9.17, 15) is 4.79 Å². The molecule has 0 bridgehead atoms. The number of nitrogens with one attached hydrogen (secondary N) is 2. The highest BCUT2D eigenvalue weighted by atomic mass is 16.6. The number of fused-ring (bicyclic) bond motifs is 1. The minimum Gasteiger partial charge on any atom is -0.373 e. The highest BCUT2D eigenvalue weighted by Crippen LogP contribution is 2.24. The first kappa shape index (κ1) is 12.7. The van der Waals surface area contributed by atoms with Crippen molar-refractivity contribution < 1.29 is 9.63 Å². The molecular formula is C16H16N2O2. The van der Waals surface area contributed by atoms with Crippen molar-refractivity contribution in [2.75, 3.05) is 5.32 Å². The highest BCUT2D eigenvalue weighted by molar-refractivity contribution is 5.86. The molecule has 0 saturated heterocycles. The molecule has 102 valence electrons. The van der Waals surface area contributed by atoms with Gasteiger partial charge in [-0.15, -0.1) is 0 Å². The van der Waals surface area contributed by atoms with Crippen molar-refractivity contribution in [3.8, 4) is 0 Å². The van der Waals surface area contributed by atoms with Crippen LogP contribution in [-0.4, -0.2) is 11.9 Å². The Bertz CT molecular complexity index is 573. The second-order valence-corrected chi connectivity index (χ2v) is 4.80. The van der Waals surface area contributed by atoms with E-state index in [1.54, 1.807) is 0 Å². The first-order valence-electron chi connectivity index (χ1n) is 6.63. The normalized spacial score (nSPS) is 16.3. The van der Waals surface area contributed by atoms with Crippen molar-refractivity contribution in [2.24, 2.45) is 0 Å². The van der Waals surface area contributed by atoms with Crippen molar-refractivity contribution in [2.45, 2.75) is 19.1 Å². The first-order valence-corrected chi connectivity index (χ1v) is 6.63. The van der Waals surface area contributed by atoms with E-state index in [4.69, 9.17) is 4.84 Å². The van der Waals surface area contributed by atoms with Crippen LogP contribution in [0.3, 0.4) is 0 Å². The molecule has 2 aromatic carbocycles. The molecule has 2 N–H and O–H groups in total. The maximum atomic E-state index is 12.0. The van der Waals surface area contributed by atoms with Crippen LogP contribution in [0.1, 0.15) is 11.1 Å². The van der Waals surface area contributed by atoms with Crippen LogP contribution < -0.4 is 10.8 Å². The summed E-state index contributed by atoms with van der Waals surface area (Å²) in [5.41, 5.74) is 5.72. The third-order valence-corrected chi connectivity index (χ3v) is 3.34. The van der Waals surface area contributed by atoms with Gasteiger partial charge in [0.15, 0.2) is 0 Å². The summed E-state index contributed by atoms with van der Waals surface area (Å²) in [4.78, 5) is 17.3. The van der Waals surface area contributed by atoms with Crippen LogP contribution in [0.4, 0.5) is 5.69 Å². The Kier molecular flexibility index (Phi) is 3.65. The van der Waals surface area contributed by atoms with E-state index in [2.05, 4.69) is 10.8 Å². The molecule has 4 heteroatoms. The summed E-state index contributed by atoms with van der Waals surface area (Å²) >= 11 is 0. The molecule has 0 saturated carbocycles. The van der Waals surface area contributed by atoms with Crippen molar-refractivity contribution in [3.05, 3.63) is 65.7 Å². The molecule has 20 heavy (non-hydrogen) atoms. The van der Waals surface area contributed by atoms with Gasteiger partial charge < -0.3 is 5.32 Å². The van der Waals surface area contributed by atoms with Crippen molar-refractivity contribution >= 4 is 11.6 Å². The SMILES string of the molecule is O=C(NOCc1ccccc1)[C@@H]1Cc2ccccc2N1. The van der Waals surface area contributed by atoms with Crippen molar-refractivity contribution in [1.29, 1.82) is 0 Å². The van der Waals surface area contributed by atoms with Gasteiger partial charge in [0.05, 0.1) is 6.61 Å². The molecule has 1 aliphatic heterocycles. The predicted octanol–water partition coefficient (Wildman–Crippen LogP) is 2.27. The zero-order chi connectivity index (χ0) is 13.8. The summed E-state index contributed by atoms with van der Waals surface area (Å²) in [6.45, 7) is 0.367. The first-order chi connectivity index (χ1) is 9.83. The van der Waals surface area contributed by atoms with Gasteiger partial charge in [-0.1, -0.05) is 48.5 Å². The lowest BCUT2D eigenvalue weighted by molar-refractivity contribution is -0.135. The number of hydrogen-bond donors (Lipinski definition) is 2. The number of carbonyl (C=O) groups excluding carboxylic acids is 1. The number of benzene rings is 2. The Balaban J connectivity index is 1.49. The zero-order valence-electron chi connectivity index (χ0n) is 11.0. The molecule has 1 aliphatic rings. The molecule has 1 amide bonds. The van der Waals surface area contributed by atoms with Crippen molar-refractivity contribution in [1.82, 2.24) is 5.48 Å². The van der Waals surface area contributed by atoms with Crippen molar-refractivity contribution in [3.63, 3.8) is 0 Å². The predicted molar refractivity (Wildman–Crippen MR) is 76.9 cm³/mol. The summed E-state index contributed by atoms with van der Waals surface area (Å²) in [6.07, 6.45) is 0.691. The molecular weight excluding hydrogens is 252 g/mol. The van der Waals surface area contributed by atoms with Crippen LogP contribution >= 0.6 is 0 Å². The topological polar surface area (TPSA) is 50.4 Å². The van der Waals surface area contributed by atoms with Gasteiger partial charge in [0.25, 0.3) is 5.91 Å². The minimum atomic E-state index is -0.261. The standard InChI is InChI=1S/C16H16N2O2/c19-16(18-20-11-12-6-2-1-3-7-12)15-10-13-8-4-5-9-14(13)17-15/h1-9,15,17H,10-11H2,(H,18,19)/t15-/m0/s1. The van der Waals surface area contributed by atoms with E-state index < -0.39 is 0 Å². The van der Waals surface area contributed by atoms with Gasteiger partial charge in [-0.25, -0.2) is 5.48 Å². The lowest BCUT2D eigenvalue weighted by Crippen LogP contribution is -2.38. The lowest BCUT2D eigenvalue weighted by atomic mass is 10.1. The molecule has 0 fully saturated rings. The van der Waals surface area contributed by atoms with Crippen LogP contribution in [0.2, 0.25) is 0 Å². The smallest absolute Gasteiger partial charge is 0.266 e. The molecule has 0 radical (unpaired) electrons. The second kappa shape index (κ2) is 5.75. The van der Waals surface area contributed by atoms with E-state index in [0.29, 0.717) is 13.0 Å². The molecule has 0 aliphatic carbocycles. The quantitative estimate of drug-likeness (QED) is 0.836. The van der Waals surface area contributed by atoms with Gasteiger partial charge in [0, 0.05) is 12.1 Å². The summed E-state index contributed by atoms with van der Waals surface area (Å²) < 4.78 is 0. The summed E-state index contributed by atoms with van der Waals surface area (Å²) in [7, 11) is 0. The number of hydrogen-bond acceptors (Lipinski definition) is 3. The van der Waals surface area contributed by atoms with Crippen LogP contribution in [0.5, 0.6) is 0 Å². The lowest BCUT2D eigenvalue weighted by Gasteiger charge is -2.11.